The van der Waals surface area contributed by atoms with Crippen molar-refractivity contribution in [3.8, 4) is 0 Å². The van der Waals surface area contributed by atoms with Crippen molar-refractivity contribution in [2.24, 2.45) is 5.41 Å². The van der Waals surface area contributed by atoms with Crippen molar-refractivity contribution >= 4 is 17.8 Å². The molecule has 6 heteroatoms. The molecule has 1 fully saturated rings. The van der Waals surface area contributed by atoms with Crippen molar-refractivity contribution < 1.29 is 19.5 Å². The van der Waals surface area contributed by atoms with E-state index < -0.39 is 28.9 Å². The maximum atomic E-state index is 12.1. The van der Waals surface area contributed by atoms with Gasteiger partial charge in [-0.25, -0.2) is 4.79 Å². The molecular weight excluding hydrogens is 260 g/mol. The minimum absolute atomic E-state index is 0.240. The minimum atomic E-state index is -1.17. The van der Waals surface area contributed by atoms with Crippen molar-refractivity contribution in [2.45, 2.75) is 65.0 Å². The fourth-order valence-corrected chi connectivity index (χ4v) is 2.19. The van der Waals surface area contributed by atoms with E-state index in [9.17, 15) is 19.5 Å². The van der Waals surface area contributed by atoms with Gasteiger partial charge >= 0.3 is 5.97 Å². The van der Waals surface area contributed by atoms with Gasteiger partial charge in [0.2, 0.25) is 11.8 Å². The summed E-state index contributed by atoms with van der Waals surface area (Å²) in [7, 11) is 0. The Morgan fingerprint density at radius 3 is 2.05 bits per heavy atom. The zero-order valence-corrected chi connectivity index (χ0v) is 12.6. The number of carboxylic acids is 1. The molecule has 1 atom stereocenters. The monoisotopic (exact) mass is 284 g/mol. The van der Waals surface area contributed by atoms with Gasteiger partial charge in [0, 0.05) is 5.41 Å². The molecule has 1 unspecified atom stereocenters. The predicted molar refractivity (Wildman–Crippen MR) is 74.0 cm³/mol. The van der Waals surface area contributed by atoms with Crippen LogP contribution in [0.5, 0.6) is 0 Å². The van der Waals surface area contributed by atoms with Crippen LogP contribution in [0.15, 0.2) is 0 Å². The van der Waals surface area contributed by atoms with E-state index in [-0.39, 0.29) is 5.91 Å². The Bertz CT molecular complexity index is 406. The number of aliphatic carboxylic acids is 1. The lowest BCUT2D eigenvalue weighted by molar-refractivity contribution is -0.147. The van der Waals surface area contributed by atoms with E-state index in [1.807, 2.05) is 0 Å². The maximum Gasteiger partial charge on any atom is 0.329 e. The van der Waals surface area contributed by atoms with E-state index in [4.69, 9.17) is 0 Å². The average Bonchev–Trinajstić information content (AvgIpc) is 2.77. The predicted octanol–water partition coefficient (Wildman–Crippen LogP) is 1.05. The standard InChI is InChI=1S/C14H24N2O4/c1-9(15-11(18)13(2,3)4)10(17)16-14(12(19)20)7-5-6-8-14/h9H,5-8H2,1-4H3,(H,15,18)(H,16,17)(H,19,20). The van der Waals surface area contributed by atoms with Gasteiger partial charge in [-0.05, 0) is 19.8 Å². The van der Waals surface area contributed by atoms with E-state index in [0.717, 1.165) is 12.8 Å². The van der Waals surface area contributed by atoms with Gasteiger partial charge in [-0.2, -0.15) is 0 Å². The molecule has 1 aliphatic carbocycles. The van der Waals surface area contributed by atoms with E-state index in [2.05, 4.69) is 10.6 Å². The van der Waals surface area contributed by atoms with Crippen LogP contribution in [-0.4, -0.2) is 34.5 Å². The van der Waals surface area contributed by atoms with Gasteiger partial charge in [-0.3, -0.25) is 9.59 Å². The van der Waals surface area contributed by atoms with Gasteiger partial charge in [0.25, 0.3) is 0 Å². The summed E-state index contributed by atoms with van der Waals surface area (Å²) in [6, 6.07) is -0.751. The molecule has 114 valence electrons. The molecule has 1 aliphatic rings. The molecule has 0 bridgehead atoms. The van der Waals surface area contributed by atoms with Crippen LogP contribution in [0.1, 0.15) is 53.4 Å². The Morgan fingerprint density at radius 2 is 1.65 bits per heavy atom. The Morgan fingerprint density at radius 1 is 1.15 bits per heavy atom. The van der Waals surface area contributed by atoms with Gasteiger partial charge in [0.15, 0.2) is 0 Å². The van der Waals surface area contributed by atoms with Crippen LogP contribution in [-0.2, 0) is 14.4 Å². The van der Waals surface area contributed by atoms with Crippen LogP contribution in [0.4, 0.5) is 0 Å². The molecule has 0 radical (unpaired) electrons. The fraction of sp³-hybridized carbons (Fsp3) is 0.786. The molecule has 0 aromatic carbocycles. The molecular formula is C14H24N2O4. The van der Waals surface area contributed by atoms with E-state index >= 15 is 0 Å². The van der Waals surface area contributed by atoms with Crippen LogP contribution < -0.4 is 10.6 Å². The lowest BCUT2D eigenvalue weighted by Gasteiger charge is -2.28. The third kappa shape index (κ3) is 3.71. The first-order valence-electron chi connectivity index (χ1n) is 6.95. The Labute approximate surface area is 119 Å². The number of amides is 2. The molecule has 0 saturated heterocycles. The number of rotatable bonds is 4. The summed E-state index contributed by atoms with van der Waals surface area (Å²) in [5, 5.41) is 14.5. The molecule has 6 nitrogen and oxygen atoms in total. The second-order valence-corrected chi connectivity index (χ2v) is 6.53. The highest BCUT2D eigenvalue weighted by Crippen LogP contribution is 2.30. The summed E-state index contributed by atoms with van der Waals surface area (Å²) in [6.07, 6.45) is 2.45. The first kappa shape index (κ1) is 16.5. The number of hydrogen-bond donors (Lipinski definition) is 3. The zero-order valence-electron chi connectivity index (χ0n) is 12.6. The normalized spacial score (nSPS) is 19.2. The number of carboxylic acid groups (broad SMARTS) is 1. The molecule has 2 amide bonds. The van der Waals surface area contributed by atoms with Crippen molar-refractivity contribution in [3.63, 3.8) is 0 Å². The third-order valence-corrected chi connectivity index (χ3v) is 3.65. The summed E-state index contributed by atoms with van der Waals surface area (Å²) >= 11 is 0. The summed E-state index contributed by atoms with van der Waals surface area (Å²) in [6.45, 7) is 6.82. The Balaban J connectivity index is 2.66. The van der Waals surface area contributed by atoms with Gasteiger partial charge in [0.1, 0.15) is 11.6 Å². The van der Waals surface area contributed by atoms with Crippen molar-refractivity contribution in [1.29, 1.82) is 0 Å². The van der Waals surface area contributed by atoms with Crippen molar-refractivity contribution in [3.05, 3.63) is 0 Å². The van der Waals surface area contributed by atoms with E-state index in [1.165, 1.54) is 0 Å². The second-order valence-electron chi connectivity index (χ2n) is 6.53. The first-order chi connectivity index (χ1) is 9.08. The largest absolute Gasteiger partial charge is 0.480 e. The number of nitrogens with one attached hydrogen (secondary N) is 2. The summed E-state index contributed by atoms with van der Waals surface area (Å²) < 4.78 is 0. The van der Waals surface area contributed by atoms with Gasteiger partial charge in [0.05, 0.1) is 0 Å². The topological polar surface area (TPSA) is 95.5 Å². The number of carbonyl (C=O) groups excluding carboxylic acids is 2. The quantitative estimate of drug-likeness (QED) is 0.719. The summed E-state index contributed by atoms with van der Waals surface area (Å²) in [5.41, 5.74) is -1.76. The highest BCUT2D eigenvalue weighted by molar-refractivity contribution is 5.92. The van der Waals surface area contributed by atoms with Crippen LogP contribution in [0.3, 0.4) is 0 Å². The van der Waals surface area contributed by atoms with Crippen LogP contribution >= 0.6 is 0 Å². The summed E-state index contributed by atoms with van der Waals surface area (Å²) in [4.78, 5) is 35.3. The lowest BCUT2D eigenvalue weighted by atomic mass is 9.95. The molecule has 0 aromatic rings. The van der Waals surface area contributed by atoms with E-state index in [0.29, 0.717) is 12.8 Å². The summed E-state index contributed by atoms with van der Waals surface area (Å²) in [5.74, 6) is -1.69. The average molecular weight is 284 g/mol. The van der Waals surface area contributed by atoms with Crippen molar-refractivity contribution in [2.75, 3.05) is 0 Å². The smallest absolute Gasteiger partial charge is 0.329 e. The van der Waals surface area contributed by atoms with Gasteiger partial charge in [-0.15, -0.1) is 0 Å². The van der Waals surface area contributed by atoms with Crippen LogP contribution in [0, 0.1) is 5.41 Å². The molecule has 0 spiro atoms. The fourth-order valence-electron chi connectivity index (χ4n) is 2.19. The molecule has 1 saturated carbocycles. The van der Waals surface area contributed by atoms with Crippen LogP contribution in [0.2, 0.25) is 0 Å². The molecule has 3 N–H and O–H groups in total. The Hall–Kier alpha value is -1.59. The van der Waals surface area contributed by atoms with Crippen molar-refractivity contribution in [1.82, 2.24) is 10.6 Å². The number of carbonyl (C=O) groups is 3. The highest BCUT2D eigenvalue weighted by Gasteiger charge is 2.43. The maximum absolute atomic E-state index is 12.1. The van der Waals surface area contributed by atoms with Crippen LogP contribution in [0.25, 0.3) is 0 Å². The van der Waals surface area contributed by atoms with Gasteiger partial charge < -0.3 is 15.7 Å². The highest BCUT2D eigenvalue weighted by atomic mass is 16.4. The first-order valence-corrected chi connectivity index (χ1v) is 6.95. The second kappa shape index (κ2) is 5.81. The lowest BCUT2D eigenvalue weighted by Crippen LogP contribution is -2.58. The minimum Gasteiger partial charge on any atom is -0.480 e. The molecule has 0 aliphatic heterocycles. The van der Waals surface area contributed by atoms with E-state index in [1.54, 1.807) is 27.7 Å². The SMILES string of the molecule is CC(NC(=O)C(C)(C)C)C(=O)NC1(C(=O)O)CCCC1. The molecule has 0 heterocycles. The third-order valence-electron chi connectivity index (χ3n) is 3.65. The Kier molecular flexibility index (Phi) is 4.78. The molecule has 1 rings (SSSR count). The molecule has 20 heavy (non-hydrogen) atoms. The molecule has 0 aromatic heterocycles. The van der Waals surface area contributed by atoms with Gasteiger partial charge in [-0.1, -0.05) is 33.6 Å². The number of hydrogen-bond acceptors (Lipinski definition) is 3. The zero-order chi connectivity index (χ0) is 15.6.